The van der Waals surface area contributed by atoms with Crippen LogP contribution < -0.4 is 0 Å². The summed E-state index contributed by atoms with van der Waals surface area (Å²) in [6.07, 6.45) is 0.407. The topological polar surface area (TPSA) is 76.0 Å². The Labute approximate surface area is 140 Å². The Morgan fingerprint density at radius 1 is 1.17 bits per heavy atom. The van der Waals surface area contributed by atoms with E-state index in [0.717, 1.165) is 18.9 Å². The van der Waals surface area contributed by atoms with E-state index >= 15 is 0 Å². The normalized spacial score (nSPS) is 18.5. The van der Waals surface area contributed by atoms with Gasteiger partial charge in [-0.15, -0.1) is 0 Å². The Morgan fingerprint density at radius 3 is 2.71 bits per heavy atom. The van der Waals surface area contributed by atoms with Crippen LogP contribution in [0.2, 0.25) is 0 Å². The molecule has 1 aliphatic rings. The van der Waals surface area contributed by atoms with Crippen LogP contribution in [0, 0.1) is 0 Å². The average molecular weight is 328 g/mol. The summed E-state index contributed by atoms with van der Waals surface area (Å²) < 4.78 is 9.96. The van der Waals surface area contributed by atoms with Gasteiger partial charge in [-0.1, -0.05) is 42.5 Å². The van der Waals surface area contributed by atoms with Crippen molar-refractivity contribution >= 4 is 16.7 Å². The molecule has 1 aliphatic heterocycles. The number of carbonyl (C=O) groups excluding carboxylic acids is 1. The summed E-state index contributed by atoms with van der Waals surface area (Å²) in [4.78, 5) is 11.0. The second kappa shape index (κ2) is 7.57. The molecular formula is C19H20O5. The van der Waals surface area contributed by atoms with Gasteiger partial charge in [-0.05, 0) is 29.2 Å². The fourth-order valence-corrected chi connectivity index (χ4v) is 2.74. The molecule has 2 aromatic carbocycles. The first-order chi connectivity index (χ1) is 11.6. The zero-order valence-electron chi connectivity index (χ0n) is 13.2. The van der Waals surface area contributed by atoms with E-state index in [4.69, 9.17) is 4.74 Å². The van der Waals surface area contributed by atoms with Crippen molar-refractivity contribution in [3.05, 3.63) is 59.7 Å². The van der Waals surface area contributed by atoms with Gasteiger partial charge in [0.05, 0.1) is 6.61 Å². The molecule has 2 aromatic rings. The Hall–Kier alpha value is -2.21. The van der Waals surface area contributed by atoms with Crippen molar-refractivity contribution in [3.8, 4) is 0 Å². The van der Waals surface area contributed by atoms with E-state index in [1.807, 2.05) is 12.1 Å². The number of hydrogen-bond donors (Lipinski definition) is 2. The number of benzene rings is 2. The highest BCUT2D eigenvalue weighted by molar-refractivity contribution is 5.85. The number of cyclic esters (lactones) is 1. The Balaban J connectivity index is 1.42. The molecular weight excluding hydrogens is 308 g/mol. The molecule has 3 rings (SSSR count). The number of esters is 1. The molecule has 0 saturated heterocycles. The molecule has 126 valence electrons. The van der Waals surface area contributed by atoms with Crippen LogP contribution in [0.15, 0.2) is 54.1 Å². The van der Waals surface area contributed by atoms with Crippen molar-refractivity contribution in [2.45, 2.75) is 25.2 Å². The quantitative estimate of drug-likeness (QED) is 0.600. The first kappa shape index (κ1) is 16.6. The third-order valence-corrected chi connectivity index (χ3v) is 4.03. The lowest BCUT2D eigenvalue weighted by Crippen LogP contribution is -2.25. The number of aliphatic hydroxyl groups excluding tert-OH is 2. The Kier molecular flexibility index (Phi) is 5.25. The van der Waals surface area contributed by atoms with Crippen molar-refractivity contribution < 1.29 is 24.5 Å². The minimum absolute atomic E-state index is 0.0251. The Morgan fingerprint density at radius 2 is 1.96 bits per heavy atom. The van der Waals surface area contributed by atoms with Crippen molar-refractivity contribution in [1.82, 2.24) is 0 Å². The van der Waals surface area contributed by atoms with Crippen molar-refractivity contribution in [2.75, 3.05) is 13.2 Å². The van der Waals surface area contributed by atoms with Gasteiger partial charge in [0.25, 0.3) is 0 Å². The molecule has 5 nitrogen and oxygen atoms in total. The lowest BCUT2D eigenvalue weighted by Gasteiger charge is -2.14. The highest BCUT2D eigenvalue weighted by Crippen LogP contribution is 2.18. The number of aliphatic hydroxyl groups is 2. The molecule has 0 amide bonds. The van der Waals surface area contributed by atoms with Gasteiger partial charge in [-0.25, -0.2) is 4.79 Å². The van der Waals surface area contributed by atoms with Crippen molar-refractivity contribution in [1.29, 1.82) is 0 Å². The van der Waals surface area contributed by atoms with Gasteiger partial charge in [0, 0.05) is 18.3 Å². The summed E-state index contributed by atoms with van der Waals surface area (Å²) in [6.45, 7) is 0.513. The maximum atomic E-state index is 11.0. The molecule has 1 heterocycles. The molecule has 24 heavy (non-hydrogen) atoms. The van der Waals surface area contributed by atoms with Crippen molar-refractivity contribution in [2.24, 2.45) is 0 Å². The zero-order chi connectivity index (χ0) is 16.9. The van der Waals surface area contributed by atoms with E-state index < -0.39 is 18.4 Å². The van der Waals surface area contributed by atoms with E-state index in [-0.39, 0.29) is 12.2 Å². The molecule has 0 spiro atoms. The zero-order valence-corrected chi connectivity index (χ0v) is 13.2. The van der Waals surface area contributed by atoms with Crippen LogP contribution in [0.25, 0.3) is 10.8 Å². The molecule has 2 atom stereocenters. The molecule has 2 N–H and O–H groups in total. The van der Waals surface area contributed by atoms with Gasteiger partial charge >= 0.3 is 5.97 Å². The number of ether oxygens (including phenoxy) is 2. The molecule has 0 aliphatic carbocycles. The van der Waals surface area contributed by atoms with Crippen LogP contribution in [-0.2, 0) is 20.7 Å². The number of fused-ring (bicyclic) bond motifs is 1. The first-order valence-corrected chi connectivity index (χ1v) is 7.97. The summed E-state index contributed by atoms with van der Waals surface area (Å²) in [5, 5.41) is 21.8. The van der Waals surface area contributed by atoms with Crippen LogP contribution in [0.1, 0.15) is 12.0 Å². The van der Waals surface area contributed by atoms with E-state index in [1.165, 1.54) is 16.3 Å². The molecule has 5 heteroatoms. The third-order valence-electron chi connectivity index (χ3n) is 4.03. The molecule has 0 aromatic heterocycles. The summed E-state index contributed by atoms with van der Waals surface area (Å²) in [5.74, 6) is -0.646. The van der Waals surface area contributed by atoms with E-state index in [0.29, 0.717) is 6.61 Å². The number of hydrogen-bond acceptors (Lipinski definition) is 5. The predicted molar refractivity (Wildman–Crippen MR) is 89.3 cm³/mol. The van der Waals surface area contributed by atoms with E-state index in [1.54, 1.807) is 0 Å². The van der Waals surface area contributed by atoms with Gasteiger partial charge in [-0.3, -0.25) is 0 Å². The largest absolute Gasteiger partial charge is 0.429 e. The monoisotopic (exact) mass is 328 g/mol. The number of aryl methyl sites for hydroxylation is 1. The molecule has 0 bridgehead atoms. The molecule has 2 unspecified atom stereocenters. The van der Waals surface area contributed by atoms with Gasteiger partial charge in [0.1, 0.15) is 6.10 Å². The molecule has 0 radical (unpaired) electrons. The van der Waals surface area contributed by atoms with Crippen molar-refractivity contribution in [3.63, 3.8) is 0 Å². The maximum Gasteiger partial charge on any atom is 0.333 e. The number of rotatable bonds is 7. The summed E-state index contributed by atoms with van der Waals surface area (Å²) in [5.41, 5.74) is 1.39. The molecule has 0 fully saturated rings. The fourth-order valence-electron chi connectivity index (χ4n) is 2.74. The van der Waals surface area contributed by atoms with Gasteiger partial charge in [-0.2, -0.15) is 0 Å². The summed E-state index contributed by atoms with van der Waals surface area (Å²) >= 11 is 0. The Bertz CT molecular complexity index is 752. The van der Waals surface area contributed by atoms with Crippen LogP contribution in [0.3, 0.4) is 0 Å². The SMILES string of the molecule is O=C1C=C(C(O)COCCCc2ccc3ccccc3c2)C(O)O1. The smallest absolute Gasteiger partial charge is 0.333 e. The minimum Gasteiger partial charge on any atom is -0.429 e. The van der Waals surface area contributed by atoms with Crippen LogP contribution >= 0.6 is 0 Å². The molecule has 0 saturated carbocycles. The lowest BCUT2D eigenvalue weighted by molar-refractivity contribution is -0.152. The lowest BCUT2D eigenvalue weighted by atomic mass is 10.0. The highest BCUT2D eigenvalue weighted by atomic mass is 16.6. The second-order valence-corrected chi connectivity index (χ2v) is 5.81. The van der Waals surface area contributed by atoms with Crippen LogP contribution in [-0.4, -0.2) is 41.8 Å². The maximum absolute atomic E-state index is 11.0. The first-order valence-electron chi connectivity index (χ1n) is 7.97. The third kappa shape index (κ3) is 4.00. The number of carbonyl (C=O) groups is 1. The van der Waals surface area contributed by atoms with Crippen LogP contribution in [0.4, 0.5) is 0 Å². The predicted octanol–water partition coefficient (Wildman–Crippen LogP) is 1.95. The standard InChI is InChI=1S/C19H20O5/c20-17(16-11-18(21)24-19(16)22)12-23-9-3-4-13-7-8-14-5-1-2-6-15(14)10-13/h1-2,5-8,10-11,17,19-20,22H,3-4,9,12H2. The highest BCUT2D eigenvalue weighted by Gasteiger charge is 2.29. The second-order valence-electron chi connectivity index (χ2n) is 5.81. The van der Waals surface area contributed by atoms with Gasteiger partial charge in [0.15, 0.2) is 0 Å². The van der Waals surface area contributed by atoms with Gasteiger partial charge < -0.3 is 19.7 Å². The summed E-state index contributed by atoms with van der Waals surface area (Å²) in [7, 11) is 0. The fraction of sp³-hybridized carbons (Fsp3) is 0.316. The van der Waals surface area contributed by atoms with E-state index in [9.17, 15) is 15.0 Å². The van der Waals surface area contributed by atoms with E-state index in [2.05, 4.69) is 35.1 Å². The van der Waals surface area contributed by atoms with Crippen LogP contribution in [0.5, 0.6) is 0 Å². The minimum atomic E-state index is -1.37. The average Bonchev–Trinajstić information content (AvgIpc) is 2.92. The summed E-state index contributed by atoms with van der Waals surface area (Å²) in [6, 6.07) is 14.6. The van der Waals surface area contributed by atoms with Gasteiger partial charge in [0.2, 0.25) is 6.29 Å².